The van der Waals surface area contributed by atoms with Crippen molar-refractivity contribution < 1.29 is 24.2 Å². The third kappa shape index (κ3) is 4.74. The smallest absolute Gasteiger partial charge is 0.345 e. The molecular formula is C27H28BrNO5. The van der Waals surface area contributed by atoms with Crippen LogP contribution in [0.5, 0.6) is 11.5 Å². The first kappa shape index (κ1) is 25.5. The van der Waals surface area contributed by atoms with Crippen molar-refractivity contribution in [2.24, 2.45) is 16.7 Å². The molecule has 0 amide bonds. The second-order valence-corrected chi connectivity index (χ2v) is 10.8. The minimum atomic E-state index is -1.44. The van der Waals surface area contributed by atoms with Crippen LogP contribution in [-0.4, -0.2) is 22.6 Å². The number of hydrogen-bond acceptors (Lipinski definition) is 5. The number of aliphatic carboxylic acids is 1. The Morgan fingerprint density at radius 2 is 1.74 bits per heavy atom. The predicted octanol–water partition coefficient (Wildman–Crippen LogP) is 6.43. The van der Waals surface area contributed by atoms with E-state index in [1.54, 1.807) is 65.0 Å². The number of ether oxygens (including phenoxy) is 2. The van der Waals surface area contributed by atoms with Gasteiger partial charge in [-0.3, -0.25) is 4.79 Å². The molecule has 2 aromatic carbocycles. The molecule has 0 spiro atoms. The lowest BCUT2D eigenvalue weighted by Gasteiger charge is -2.22. The maximum Gasteiger partial charge on any atom is 0.345 e. The number of allylic oxidation sites excluding steroid dienone is 1. The second kappa shape index (κ2) is 9.27. The molecule has 1 aliphatic carbocycles. The van der Waals surface area contributed by atoms with Gasteiger partial charge < -0.3 is 14.6 Å². The van der Waals surface area contributed by atoms with E-state index < -0.39 is 40.2 Å². The third-order valence-corrected chi connectivity index (χ3v) is 6.85. The maximum absolute atomic E-state index is 12.7. The lowest BCUT2D eigenvalue weighted by molar-refractivity contribution is -0.149. The predicted molar refractivity (Wildman–Crippen MR) is 132 cm³/mol. The maximum atomic E-state index is 12.7. The highest BCUT2D eigenvalue weighted by atomic mass is 79.9. The molecule has 34 heavy (non-hydrogen) atoms. The van der Waals surface area contributed by atoms with Gasteiger partial charge in [0.2, 0.25) is 0 Å². The van der Waals surface area contributed by atoms with E-state index in [1.165, 1.54) is 0 Å². The number of rotatable bonds is 7. The zero-order chi connectivity index (χ0) is 25.3. The number of halogens is 1. The van der Waals surface area contributed by atoms with Crippen molar-refractivity contribution in [1.29, 1.82) is 5.26 Å². The van der Waals surface area contributed by atoms with Crippen LogP contribution in [0.2, 0.25) is 0 Å². The molecular weight excluding hydrogens is 498 g/mol. The van der Waals surface area contributed by atoms with E-state index >= 15 is 0 Å². The fourth-order valence-corrected chi connectivity index (χ4v) is 4.97. The van der Waals surface area contributed by atoms with Crippen molar-refractivity contribution in [3.63, 3.8) is 0 Å². The molecule has 1 fully saturated rings. The summed E-state index contributed by atoms with van der Waals surface area (Å²) < 4.78 is 11.4. The Morgan fingerprint density at radius 3 is 2.29 bits per heavy atom. The summed E-state index contributed by atoms with van der Waals surface area (Å²) in [7, 11) is 0. The largest absolute Gasteiger partial charge is 0.481 e. The van der Waals surface area contributed by atoms with Crippen molar-refractivity contribution in [2.75, 3.05) is 0 Å². The molecule has 0 saturated heterocycles. The van der Waals surface area contributed by atoms with Gasteiger partial charge in [0.25, 0.3) is 0 Å². The number of carboxylic acid groups (broad SMARTS) is 1. The van der Waals surface area contributed by atoms with Crippen molar-refractivity contribution in [3.05, 3.63) is 70.7 Å². The molecule has 1 aliphatic rings. The highest BCUT2D eigenvalue weighted by Gasteiger charge is 2.78. The average molecular weight is 526 g/mol. The quantitative estimate of drug-likeness (QED) is 0.330. The standard InChI is InChI=1S/C27H28BrNO5/c1-25(2,3)34-23(30)21(28)15-22-26(4,5)27(22,24(31)32)20(16-29)17-10-9-13-19(14-17)33-18-11-7-6-8-12-18/h6-15,20,22H,1-5H3,(H,31,32)/t20?,22-,27+/m0/s1. The zero-order valence-corrected chi connectivity index (χ0v) is 21.4. The molecule has 1 unspecified atom stereocenters. The summed E-state index contributed by atoms with van der Waals surface area (Å²) in [5.74, 6) is -2.09. The molecule has 178 valence electrons. The summed E-state index contributed by atoms with van der Waals surface area (Å²) in [6, 6.07) is 18.4. The van der Waals surface area contributed by atoms with Crippen LogP contribution in [0.4, 0.5) is 0 Å². The van der Waals surface area contributed by atoms with Crippen LogP contribution in [0.1, 0.15) is 46.1 Å². The molecule has 6 nitrogen and oxygen atoms in total. The van der Waals surface area contributed by atoms with Crippen molar-refractivity contribution in [1.82, 2.24) is 0 Å². The summed E-state index contributed by atoms with van der Waals surface area (Å²) >= 11 is 3.26. The van der Waals surface area contributed by atoms with Gasteiger partial charge in [0.1, 0.15) is 22.5 Å². The summed E-state index contributed by atoms with van der Waals surface area (Å²) in [4.78, 5) is 25.2. The van der Waals surface area contributed by atoms with E-state index in [4.69, 9.17) is 9.47 Å². The van der Waals surface area contributed by atoms with Gasteiger partial charge in [-0.25, -0.2) is 4.79 Å². The van der Waals surface area contributed by atoms with E-state index in [0.29, 0.717) is 17.1 Å². The molecule has 0 aromatic heterocycles. The normalized spacial score (nSPS) is 22.3. The van der Waals surface area contributed by atoms with Crippen molar-refractivity contribution >= 4 is 27.9 Å². The zero-order valence-electron chi connectivity index (χ0n) is 19.8. The lowest BCUT2D eigenvalue weighted by atomic mass is 9.78. The van der Waals surface area contributed by atoms with E-state index in [0.717, 1.165) is 0 Å². The van der Waals surface area contributed by atoms with Crippen LogP contribution in [0, 0.1) is 28.1 Å². The fourth-order valence-electron chi connectivity index (χ4n) is 4.62. The molecule has 2 aromatic rings. The Morgan fingerprint density at radius 1 is 1.12 bits per heavy atom. The number of carbonyl (C=O) groups excluding carboxylic acids is 1. The number of nitrogens with zero attached hydrogens (tertiary/aromatic N) is 1. The Labute approximate surface area is 208 Å². The molecule has 1 N–H and O–H groups in total. The van der Waals surface area contributed by atoms with Gasteiger partial charge in [-0.2, -0.15) is 5.26 Å². The molecule has 3 atom stereocenters. The number of benzene rings is 2. The summed E-state index contributed by atoms with van der Waals surface area (Å²) in [5.41, 5.74) is -2.39. The number of nitriles is 1. The Kier molecular flexibility index (Phi) is 6.95. The van der Waals surface area contributed by atoms with Gasteiger partial charge in [-0.1, -0.05) is 50.3 Å². The topological polar surface area (TPSA) is 96.6 Å². The summed E-state index contributed by atoms with van der Waals surface area (Å²) in [5, 5.41) is 20.5. The minimum absolute atomic E-state index is 0.140. The first-order valence-electron chi connectivity index (χ1n) is 10.9. The van der Waals surface area contributed by atoms with E-state index in [2.05, 4.69) is 22.0 Å². The number of esters is 1. The first-order valence-corrected chi connectivity index (χ1v) is 11.7. The van der Waals surface area contributed by atoms with Gasteiger partial charge in [-0.15, -0.1) is 0 Å². The minimum Gasteiger partial charge on any atom is -0.481 e. The van der Waals surface area contributed by atoms with Crippen LogP contribution >= 0.6 is 15.9 Å². The molecule has 7 heteroatoms. The van der Waals surface area contributed by atoms with E-state index in [-0.39, 0.29) is 4.48 Å². The number of para-hydroxylation sites is 1. The SMILES string of the molecule is CC(C)(C)OC(=O)C(Br)=C[C@H]1C(C)(C)[C@]1(C(=O)O)C(C#N)c1cccc(Oc2ccccc2)c1. The van der Waals surface area contributed by atoms with Crippen LogP contribution in [-0.2, 0) is 14.3 Å². The molecule has 3 rings (SSSR count). The Bertz CT molecular complexity index is 1160. The number of carbonyl (C=O) groups is 2. The van der Waals surface area contributed by atoms with Crippen LogP contribution in [0.15, 0.2) is 65.2 Å². The van der Waals surface area contributed by atoms with Gasteiger partial charge in [0, 0.05) is 5.92 Å². The third-order valence-electron chi connectivity index (χ3n) is 6.27. The average Bonchev–Trinajstić information content (AvgIpc) is 3.23. The molecule has 0 heterocycles. The Balaban J connectivity index is 1.98. The Hall–Kier alpha value is -3.11. The van der Waals surface area contributed by atoms with Crippen LogP contribution in [0.25, 0.3) is 0 Å². The molecule has 0 aliphatic heterocycles. The van der Waals surface area contributed by atoms with Gasteiger partial charge in [0.15, 0.2) is 0 Å². The number of hydrogen-bond donors (Lipinski definition) is 1. The van der Waals surface area contributed by atoms with Gasteiger partial charge in [0.05, 0.1) is 16.5 Å². The highest BCUT2D eigenvalue weighted by molar-refractivity contribution is 9.12. The van der Waals surface area contributed by atoms with Crippen molar-refractivity contribution in [3.8, 4) is 17.6 Å². The number of carboxylic acids is 1. The van der Waals surface area contributed by atoms with E-state index in [1.807, 2.05) is 30.3 Å². The van der Waals surface area contributed by atoms with E-state index in [9.17, 15) is 20.0 Å². The molecule has 1 saturated carbocycles. The summed E-state index contributed by atoms with van der Waals surface area (Å²) in [6.07, 6.45) is 1.57. The van der Waals surface area contributed by atoms with Gasteiger partial charge >= 0.3 is 11.9 Å². The monoisotopic (exact) mass is 525 g/mol. The first-order chi connectivity index (χ1) is 15.8. The van der Waals surface area contributed by atoms with Crippen LogP contribution in [0.3, 0.4) is 0 Å². The summed E-state index contributed by atoms with van der Waals surface area (Å²) in [6.45, 7) is 8.86. The van der Waals surface area contributed by atoms with Gasteiger partial charge in [-0.05, 0) is 71.9 Å². The highest BCUT2D eigenvalue weighted by Crippen LogP contribution is 2.75. The van der Waals surface area contributed by atoms with Crippen LogP contribution < -0.4 is 4.74 Å². The lowest BCUT2D eigenvalue weighted by Crippen LogP contribution is -2.29. The molecule has 0 radical (unpaired) electrons. The second-order valence-electron chi connectivity index (χ2n) is 9.94. The van der Waals surface area contributed by atoms with Crippen molar-refractivity contribution in [2.45, 2.75) is 46.1 Å². The molecule has 0 bridgehead atoms. The fraction of sp³-hybridized carbons (Fsp3) is 0.370.